The average Bonchev–Trinajstić information content (AvgIpc) is 3.39. The lowest BCUT2D eigenvalue weighted by molar-refractivity contribution is 0.00849. The van der Waals surface area contributed by atoms with Crippen LogP contribution in [0.2, 0.25) is 0 Å². The Bertz CT molecular complexity index is 945. The predicted octanol–water partition coefficient (Wildman–Crippen LogP) is 5.57. The van der Waals surface area contributed by atoms with Gasteiger partial charge in [0, 0.05) is 17.5 Å². The lowest BCUT2D eigenvalue weighted by atomic mass is 9.98. The summed E-state index contributed by atoms with van der Waals surface area (Å²) in [6.07, 6.45) is 8.55. The first-order valence-corrected chi connectivity index (χ1v) is 10.7. The van der Waals surface area contributed by atoms with Crippen LogP contribution in [-0.2, 0) is 17.8 Å². The maximum absolute atomic E-state index is 13.0. The highest BCUT2D eigenvalue weighted by molar-refractivity contribution is 7.15. The van der Waals surface area contributed by atoms with E-state index in [-0.39, 0.29) is 17.5 Å². The van der Waals surface area contributed by atoms with E-state index in [1.807, 2.05) is 0 Å². The van der Waals surface area contributed by atoms with Gasteiger partial charge in [0.25, 0.3) is 5.91 Å². The number of ether oxygens (including phenoxy) is 1. The molecule has 7 heteroatoms. The maximum atomic E-state index is 13.0. The van der Waals surface area contributed by atoms with Gasteiger partial charge >= 0.3 is 0 Å². The van der Waals surface area contributed by atoms with Gasteiger partial charge in [-0.1, -0.05) is 31.4 Å². The summed E-state index contributed by atoms with van der Waals surface area (Å²) in [7, 11) is 0. The molecular formula is C22H23FN2O3S. The largest absolute Gasteiger partial charge is 0.453 e. The molecule has 0 unspecified atom stereocenters. The molecule has 1 aromatic carbocycles. The molecule has 0 bridgehead atoms. The summed E-state index contributed by atoms with van der Waals surface area (Å²) in [5.74, 6) is 0.295. The van der Waals surface area contributed by atoms with Gasteiger partial charge in [0.2, 0.25) is 0 Å². The molecule has 2 heterocycles. The SMILES string of the molecule is O=C(Nc1ncc(Cc2ccc(F)cc2)s1)c1ccc(COC2CCCCC2)o1. The number of benzene rings is 1. The Morgan fingerprint density at radius 2 is 1.97 bits per heavy atom. The van der Waals surface area contributed by atoms with Crippen molar-refractivity contribution in [3.8, 4) is 0 Å². The fourth-order valence-electron chi connectivity index (χ4n) is 3.42. The summed E-state index contributed by atoms with van der Waals surface area (Å²) in [4.78, 5) is 17.6. The van der Waals surface area contributed by atoms with Gasteiger partial charge < -0.3 is 9.15 Å². The van der Waals surface area contributed by atoms with Gasteiger partial charge in [0.15, 0.2) is 10.9 Å². The number of hydrogen-bond acceptors (Lipinski definition) is 5. The summed E-state index contributed by atoms with van der Waals surface area (Å²) in [5.41, 5.74) is 0.988. The molecule has 0 spiro atoms. The fourth-order valence-corrected chi connectivity index (χ4v) is 4.26. The van der Waals surface area contributed by atoms with Crippen molar-refractivity contribution < 1.29 is 18.3 Å². The molecule has 1 aliphatic carbocycles. The zero-order valence-electron chi connectivity index (χ0n) is 16.0. The molecule has 0 radical (unpaired) electrons. The molecule has 29 heavy (non-hydrogen) atoms. The van der Waals surface area contributed by atoms with Crippen molar-refractivity contribution >= 4 is 22.4 Å². The summed E-state index contributed by atoms with van der Waals surface area (Å²) in [5, 5.41) is 3.27. The van der Waals surface area contributed by atoms with E-state index in [0.29, 0.717) is 30.0 Å². The van der Waals surface area contributed by atoms with Crippen molar-refractivity contribution in [3.05, 3.63) is 70.4 Å². The zero-order chi connectivity index (χ0) is 20.1. The number of halogens is 1. The van der Waals surface area contributed by atoms with Gasteiger partial charge in [-0.25, -0.2) is 9.37 Å². The van der Waals surface area contributed by atoms with Gasteiger partial charge in [0.05, 0.1) is 6.10 Å². The highest BCUT2D eigenvalue weighted by Crippen LogP contribution is 2.24. The maximum Gasteiger partial charge on any atom is 0.293 e. The zero-order valence-corrected chi connectivity index (χ0v) is 16.8. The molecule has 4 rings (SSSR count). The third kappa shape index (κ3) is 5.52. The molecule has 1 aliphatic rings. The molecule has 5 nitrogen and oxygen atoms in total. The van der Waals surface area contributed by atoms with E-state index in [0.717, 1.165) is 23.3 Å². The van der Waals surface area contributed by atoms with Crippen LogP contribution in [0.25, 0.3) is 0 Å². The Hall–Kier alpha value is -2.51. The first kappa shape index (κ1) is 19.8. The lowest BCUT2D eigenvalue weighted by Crippen LogP contribution is -2.16. The number of anilines is 1. The second-order valence-electron chi connectivity index (χ2n) is 7.23. The van der Waals surface area contributed by atoms with Gasteiger partial charge in [-0.3, -0.25) is 10.1 Å². The highest BCUT2D eigenvalue weighted by Gasteiger charge is 2.17. The van der Waals surface area contributed by atoms with Crippen molar-refractivity contribution in [2.75, 3.05) is 5.32 Å². The number of furan rings is 1. The Morgan fingerprint density at radius 3 is 2.76 bits per heavy atom. The van der Waals surface area contributed by atoms with Gasteiger partial charge in [-0.15, -0.1) is 11.3 Å². The van der Waals surface area contributed by atoms with Crippen LogP contribution in [0.5, 0.6) is 0 Å². The highest BCUT2D eigenvalue weighted by atomic mass is 32.1. The second kappa shape index (κ2) is 9.33. The van der Waals surface area contributed by atoms with Gasteiger partial charge in [-0.05, 0) is 42.7 Å². The molecule has 1 amide bonds. The van der Waals surface area contributed by atoms with Crippen LogP contribution in [0, 0.1) is 5.82 Å². The summed E-state index contributed by atoms with van der Waals surface area (Å²) in [6.45, 7) is 0.386. The molecule has 0 aliphatic heterocycles. The number of hydrogen-bond donors (Lipinski definition) is 1. The Kier molecular flexibility index (Phi) is 6.36. The third-order valence-electron chi connectivity index (χ3n) is 4.96. The van der Waals surface area contributed by atoms with E-state index in [1.165, 1.54) is 42.7 Å². The van der Waals surface area contributed by atoms with Gasteiger partial charge in [-0.2, -0.15) is 0 Å². The van der Waals surface area contributed by atoms with Crippen LogP contribution in [0.3, 0.4) is 0 Å². The van der Waals surface area contributed by atoms with Crippen LogP contribution in [0.15, 0.2) is 47.0 Å². The summed E-state index contributed by atoms with van der Waals surface area (Å²) < 4.78 is 24.5. The Balaban J connectivity index is 1.29. The molecule has 1 N–H and O–H groups in total. The minimum atomic E-state index is -0.336. The van der Waals surface area contributed by atoms with Crippen molar-refractivity contribution in [2.45, 2.75) is 51.2 Å². The summed E-state index contributed by atoms with van der Waals surface area (Å²) >= 11 is 1.39. The molecule has 0 saturated heterocycles. The van der Waals surface area contributed by atoms with Gasteiger partial charge in [0.1, 0.15) is 18.2 Å². The smallest absolute Gasteiger partial charge is 0.293 e. The minimum absolute atomic E-state index is 0.238. The number of nitrogens with zero attached hydrogens (tertiary/aromatic N) is 1. The number of aromatic nitrogens is 1. The third-order valence-corrected chi connectivity index (χ3v) is 5.88. The monoisotopic (exact) mass is 414 g/mol. The lowest BCUT2D eigenvalue weighted by Gasteiger charge is -2.21. The van der Waals surface area contributed by atoms with E-state index in [4.69, 9.17) is 9.15 Å². The number of amides is 1. The quantitative estimate of drug-likeness (QED) is 0.549. The topological polar surface area (TPSA) is 64.4 Å². The molecule has 2 aromatic heterocycles. The Labute approximate surface area is 172 Å². The summed E-state index contributed by atoms with van der Waals surface area (Å²) in [6, 6.07) is 9.79. The first-order chi connectivity index (χ1) is 14.2. The normalized spacial score (nSPS) is 14.8. The minimum Gasteiger partial charge on any atom is -0.453 e. The van der Waals surface area contributed by atoms with E-state index < -0.39 is 0 Å². The molecule has 3 aromatic rings. The molecule has 0 atom stereocenters. The number of thiazole rings is 1. The van der Waals surface area contributed by atoms with E-state index in [1.54, 1.807) is 30.5 Å². The van der Waals surface area contributed by atoms with Crippen LogP contribution >= 0.6 is 11.3 Å². The Morgan fingerprint density at radius 1 is 1.17 bits per heavy atom. The average molecular weight is 415 g/mol. The molecule has 152 valence electrons. The van der Waals surface area contributed by atoms with Crippen molar-refractivity contribution in [1.29, 1.82) is 0 Å². The first-order valence-electron chi connectivity index (χ1n) is 9.86. The number of carbonyl (C=O) groups excluding carboxylic acids is 1. The van der Waals surface area contributed by atoms with E-state index in [9.17, 15) is 9.18 Å². The van der Waals surface area contributed by atoms with E-state index >= 15 is 0 Å². The second-order valence-corrected chi connectivity index (χ2v) is 8.34. The fraction of sp³-hybridized carbons (Fsp3) is 0.364. The number of nitrogens with one attached hydrogen (secondary N) is 1. The van der Waals surface area contributed by atoms with Crippen LogP contribution in [0.4, 0.5) is 9.52 Å². The standard InChI is InChI=1S/C22H23FN2O3S/c23-16-8-6-15(7-9-16)12-19-13-24-22(29-19)25-21(26)20-11-10-18(28-20)14-27-17-4-2-1-3-5-17/h6-11,13,17H,1-5,12,14H2,(H,24,25,26). The van der Waals surface area contributed by atoms with Crippen molar-refractivity contribution in [1.82, 2.24) is 4.98 Å². The molecular weight excluding hydrogens is 391 g/mol. The van der Waals surface area contributed by atoms with Crippen LogP contribution < -0.4 is 5.32 Å². The predicted molar refractivity (Wildman–Crippen MR) is 110 cm³/mol. The van der Waals surface area contributed by atoms with E-state index in [2.05, 4.69) is 10.3 Å². The van der Waals surface area contributed by atoms with Crippen LogP contribution in [0.1, 0.15) is 58.9 Å². The van der Waals surface area contributed by atoms with Crippen molar-refractivity contribution in [3.63, 3.8) is 0 Å². The van der Waals surface area contributed by atoms with Crippen LogP contribution in [-0.4, -0.2) is 17.0 Å². The van der Waals surface area contributed by atoms with Crippen molar-refractivity contribution in [2.24, 2.45) is 0 Å². The number of rotatable bonds is 7. The molecule has 1 fully saturated rings. The number of carbonyl (C=O) groups is 1. The molecule has 1 saturated carbocycles.